The van der Waals surface area contributed by atoms with Gasteiger partial charge in [0, 0.05) is 6.07 Å². The van der Waals surface area contributed by atoms with Crippen LogP contribution in [0.1, 0.15) is 42.1 Å². The molecule has 0 spiro atoms. The van der Waals surface area contributed by atoms with E-state index >= 15 is 0 Å². The molecule has 0 saturated carbocycles. The predicted octanol–water partition coefficient (Wildman–Crippen LogP) is 6.81. The number of rotatable bonds is 14. The number of unbranched alkanes of at least 4 members (excludes halogenated alkanes) is 2. The van der Waals surface area contributed by atoms with E-state index in [0.717, 1.165) is 30.4 Å². The van der Waals surface area contributed by atoms with E-state index in [0.29, 0.717) is 17.7 Å². The fraction of sp³-hybridized carbons (Fsp3) is 0.265. The second-order valence-electron chi connectivity index (χ2n) is 10.1. The van der Waals surface area contributed by atoms with E-state index in [1.807, 2.05) is 60.7 Å². The molecule has 2 atom stereocenters. The second-order valence-corrected chi connectivity index (χ2v) is 12.2. The lowest BCUT2D eigenvalue weighted by Crippen LogP contribution is -2.35. The molecule has 0 fully saturated rings. The van der Waals surface area contributed by atoms with Crippen LogP contribution >= 0.6 is 0 Å². The van der Waals surface area contributed by atoms with Crippen molar-refractivity contribution in [2.24, 2.45) is 5.92 Å². The maximum Gasteiger partial charge on any atom is 0.248 e. The molecule has 0 bridgehead atoms. The lowest BCUT2D eigenvalue weighted by Gasteiger charge is -2.27. The van der Waals surface area contributed by atoms with Gasteiger partial charge in [0.15, 0.2) is 21.3 Å². The van der Waals surface area contributed by atoms with Gasteiger partial charge in [-0.15, -0.1) is 0 Å². The van der Waals surface area contributed by atoms with E-state index in [-0.39, 0.29) is 17.1 Å². The highest BCUT2D eigenvalue weighted by Crippen LogP contribution is 2.41. The summed E-state index contributed by atoms with van der Waals surface area (Å²) < 4.78 is 39.3. The van der Waals surface area contributed by atoms with Crippen molar-refractivity contribution in [2.45, 2.75) is 42.2 Å². The standard InChI is InChI=1S/C34H37NO6S/c1-40-31-23-22-29(24-32(31)41-2)42(38,39)33(28-20-18-27(19-21-28)26-15-9-5-10-16-26)30(34(36)35-37)17-11-4-8-14-25-12-6-3-7-13-25/h3,5-7,9-10,12-13,15-16,18-24,30,33,37H,4,8,11,14,17H2,1-2H3,(H,35,36). The first-order valence-electron chi connectivity index (χ1n) is 14.0. The topological polar surface area (TPSA) is 102 Å². The molecule has 42 heavy (non-hydrogen) atoms. The van der Waals surface area contributed by atoms with E-state index in [1.54, 1.807) is 17.6 Å². The Morgan fingerprint density at radius 1 is 0.762 bits per heavy atom. The minimum atomic E-state index is -4.14. The minimum absolute atomic E-state index is 0.00268. The molecular formula is C34H37NO6S. The molecular weight excluding hydrogens is 550 g/mol. The summed E-state index contributed by atoms with van der Waals surface area (Å²) in [6.45, 7) is 0. The Balaban J connectivity index is 1.68. The number of hydrogen-bond acceptors (Lipinski definition) is 6. The van der Waals surface area contributed by atoms with Gasteiger partial charge in [-0.25, -0.2) is 13.9 Å². The highest BCUT2D eigenvalue weighted by Gasteiger charge is 2.40. The third-order valence-electron chi connectivity index (χ3n) is 7.50. The van der Waals surface area contributed by atoms with Gasteiger partial charge in [-0.05, 0) is 53.6 Å². The lowest BCUT2D eigenvalue weighted by atomic mass is 9.91. The summed E-state index contributed by atoms with van der Waals surface area (Å²) in [4.78, 5) is 13.1. The van der Waals surface area contributed by atoms with Crippen LogP contribution in [0.4, 0.5) is 0 Å². The molecule has 2 unspecified atom stereocenters. The summed E-state index contributed by atoms with van der Waals surface area (Å²) in [5, 5.41) is 8.45. The summed E-state index contributed by atoms with van der Waals surface area (Å²) in [6, 6.07) is 31.5. The van der Waals surface area contributed by atoms with E-state index in [1.165, 1.54) is 38.0 Å². The van der Waals surface area contributed by atoms with E-state index in [9.17, 15) is 18.4 Å². The molecule has 4 aromatic rings. The number of nitrogens with one attached hydrogen (secondary N) is 1. The Kier molecular flexibility index (Phi) is 10.8. The summed E-state index contributed by atoms with van der Waals surface area (Å²) >= 11 is 0. The molecule has 7 nitrogen and oxygen atoms in total. The Morgan fingerprint density at radius 2 is 1.38 bits per heavy atom. The normalized spacial score (nSPS) is 12.7. The number of ether oxygens (including phenoxy) is 2. The first kappa shape index (κ1) is 30.8. The SMILES string of the molecule is COc1ccc(S(=O)(=O)C(c2ccc(-c3ccccc3)cc2)C(CCCCCc2ccccc2)C(=O)NO)cc1OC. The van der Waals surface area contributed by atoms with Crippen LogP contribution in [0.3, 0.4) is 0 Å². The number of benzene rings is 4. The molecule has 0 aliphatic heterocycles. The zero-order chi connectivity index (χ0) is 30.0. The quantitative estimate of drug-likeness (QED) is 0.0955. The van der Waals surface area contributed by atoms with Gasteiger partial charge < -0.3 is 9.47 Å². The van der Waals surface area contributed by atoms with Crippen molar-refractivity contribution >= 4 is 15.7 Å². The number of sulfone groups is 1. The Bertz CT molecular complexity index is 1540. The molecule has 4 rings (SSSR count). The monoisotopic (exact) mass is 587 g/mol. The third kappa shape index (κ3) is 7.38. The van der Waals surface area contributed by atoms with Crippen molar-refractivity contribution < 1.29 is 27.9 Å². The second kappa shape index (κ2) is 14.7. The molecule has 0 saturated heterocycles. The number of aryl methyl sites for hydroxylation is 1. The zero-order valence-electron chi connectivity index (χ0n) is 23.9. The van der Waals surface area contributed by atoms with Gasteiger partial charge in [-0.2, -0.15) is 0 Å². The summed E-state index contributed by atoms with van der Waals surface area (Å²) in [6.07, 6.45) is 3.49. The summed E-state index contributed by atoms with van der Waals surface area (Å²) in [7, 11) is -1.23. The van der Waals surface area contributed by atoms with Gasteiger partial charge in [0.05, 0.1) is 25.0 Å². The van der Waals surface area contributed by atoms with Crippen molar-refractivity contribution in [1.29, 1.82) is 0 Å². The number of hydroxylamine groups is 1. The number of carbonyl (C=O) groups is 1. The van der Waals surface area contributed by atoms with Gasteiger partial charge in [0.25, 0.3) is 0 Å². The van der Waals surface area contributed by atoms with Gasteiger partial charge in [-0.1, -0.05) is 97.8 Å². The Labute approximate surface area is 248 Å². The van der Waals surface area contributed by atoms with Gasteiger partial charge in [0.2, 0.25) is 5.91 Å². The van der Waals surface area contributed by atoms with Crippen molar-refractivity contribution in [3.63, 3.8) is 0 Å². The number of hydrogen-bond donors (Lipinski definition) is 2. The van der Waals surface area contributed by atoms with E-state index in [4.69, 9.17) is 9.47 Å². The maximum atomic E-state index is 14.3. The highest BCUT2D eigenvalue weighted by molar-refractivity contribution is 7.91. The van der Waals surface area contributed by atoms with Crippen molar-refractivity contribution in [3.8, 4) is 22.6 Å². The summed E-state index contributed by atoms with van der Waals surface area (Å²) in [5.74, 6) is -1.12. The van der Waals surface area contributed by atoms with E-state index < -0.39 is 26.9 Å². The molecule has 0 aromatic heterocycles. The van der Waals surface area contributed by atoms with E-state index in [2.05, 4.69) is 12.1 Å². The van der Waals surface area contributed by atoms with Gasteiger partial charge in [0.1, 0.15) is 5.25 Å². The Morgan fingerprint density at radius 3 is 2.00 bits per heavy atom. The molecule has 1 amide bonds. The number of carbonyl (C=O) groups excluding carboxylic acids is 1. The fourth-order valence-corrected chi connectivity index (χ4v) is 7.31. The van der Waals surface area contributed by atoms with Crippen LogP contribution in [0, 0.1) is 5.92 Å². The highest BCUT2D eigenvalue weighted by atomic mass is 32.2. The lowest BCUT2D eigenvalue weighted by molar-refractivity contribution is -0.133. The molecule has 0 heterocycles. The number of amides is 1. The first-order valence-corrected chi connectivity index (χ1v) is 15.5. The Hall–Kier alpha value is -4.14. The molecule has 0 aliphatic carbocycles. The average Bonchev–Trinajstić information content (AvgIpc) is 3.04. The molecule has 220 valence electrons. The minimum Gasteiger partial charge on any atom is -0.493 e. The van der Waals surface area contributed by atoms with Crippen LogP contribution in [0.2, 0.25) is 0 Å². The number of methoxy groups -OCH3 is 2. The molecule has 4 aromatic carbocycles. The van der Waals surface area contributed by atoms with Crippen molar-refractivity contribution in [2.75, 3.05) is 14.2 Å². The molecule has 0 radical (unpaired) electrons. The van der Waals surface area contributed by atoms with Crippen LogP contribution in [-0.2, 0) is 21.1 Å². The van der Waals surface area contributed by atoms with Crippen LogP contribution < -0.4 is 15.0 Å². The average molecular weight is 588 g/mol. The predicted molar refractivity (Wildman–Crippen MR) is 163 cm³/mol. The largest absolute Gasteiger partial charge is 0.493 e. The van der Waals surface area contributed by atoms with Crippen molar-refractivity contribution in [1.82, 2.24) is 5.48 Å². The van der Waals surface area contributed by atoms with Crippen LogP contribution in [-0.4, -0.2) is 33.8 Å². The van der Waals surface area contributed by atoms with Gasteiger partial charge >= 0.3 is 0 Å². The van der Waals surface area contributed by atoms with Crippen LogP contribution in [0.5, 0.6) is 11.5 Å². The molecule has 0 aliphatic rings. The maximum absolute atomic E-state index is 14.3. The molecule has 2 N–H and O–H groups in total. The van der Waals surface area contributed by atoms with Crippen LogP contribution in [0.25, 0.3) is 11.1 Å². The first-order chi connectivity index (χ1) is 20.4. The van der Waals surface area contributed by atoms with Crippen molar-refractivity contribution in [3.05, 3.63) is 114 Å². The molecule has 8 heteroatoms. The zero-order valence-corrected chi connectivity index (χ0v) is 24.7. The smallest absolute Gasteiger partial charge is 0.248 e. The van der Waals surface area contributed by atoms with Gasteiger partial charge in [-0.3, -0.25) is 10.0 Å². The third-order valence-corrected chi connectivity index (χ3v) is 9.68. The summed E-state index contributed by atoms with van der Waals surface area (Å²) in [5.41, 5.74) is 5.34. The fourth-order valence-electron chi connectivity index (χ4n) is 5.28. The van der Waals surface area contributed by atoms with Crippen LogP contribution in [0.15, 0.2) is 108 Å².